The van der Waals surface area contributed by atoms with Crippen LogP contribution in [0.1, 0.15) is 142 Å². The van der Waals surface area contributed by atoms with Gasteiger partial charge in [0.2, 0.25) is 0 Å². The van der Waals surface area contributed by atoms with Crippen LogP contribution in [0.5, 0.6) is 0 Å². The van der Waals surface area contributed by atoms with Crippen LogP contribution >= 0.6 is 0 Å². The number of nitrogens with two attached hydrogens (primary N) is 1. The predicted molar refractivity (Wildman–Crippen MR) is 165 cm³/mol. The van der Waals surface area contributed by atoms with E-state index in [2.05, 4.69) is 18.3 Å². The molecule has 5 unspecified atom stereocenters. The van der Waals surface area contributed by atoms with Gasteiger partial charge < -0.3 is 31.5 Å². The van der Waals surface area contributed by atoms with E-state index in [1.165, 1.54) is 44.1 Å². The van der Waals surface area contributed by atoms with Gasteiger partial charge in [0.25, 0.3) is 0 Å². The molecule has 0 aromatic heterocycles. The third kappa shape index (κ3) is 10.9. The van der Waals surface area contributed by atoms with Crippen molar-refractivity contribution in [2.45, 2.75) is 160 Å². The summed E-state index contributed by atoms with van der Waals surface area (Å²) in [7, 11) is 0. The number of hydrogen-bond acceptors (Lipinski definition) is 6. The molecule has 0 amide bonds. The maximum atomic E-state index is 12.0. The van der Waals surface area contributed by atoms with E-state index in [9.17, 15) is 25.2 Å². The third-order valence-corrected chi connectivity index (χ3v) is 10.4. The second kappa shape index (κ2) is 16.9. The number of aliphatic hydroxyl groups excluding tert-OH is 2. The first-order chi connectivity index (χ1) is 19.7. The lowest BCUT2D eigenvalue weighted by molar-refractivity contribution is -0.146. The molecule has 7 N–H and O–H groups in total. The Bertz CT molecular complexity index is 852. The Morgan fingerprint density at radius 1 is 1.00 bits per heavy atom. The van der Waals surface area contributed by atoms with E-state index in [4.69, 9.17) is 5.73 Å². The van der Waals surface area contributed by atoms with Crippen molar-refractivity contribution in [3.63, 3.8) is 0 Å². The van der Waals surface area contributed by atoms with Crippen LogP contribution in [0.25, 0.3) is 0 Å². The first-order valence-corrected chi connectivity index (χ1v) is 16.9. The molecule has 2 fully saturated rings. The van der Waals surface area contributed by atoms with Crippen LogP contribution in [0.3, 0.4) is 0 Å². The Balaban J connectivity index is 1.39. The van der Waals surface area contributed by atoms with Crippen molar-refractivity contribution < 1.29 is 25.2 Å². The largest absolute Gasteiger partial charge is 0.481 e. The molecule has 0 bridgehead atoms. The van der Waals surface area contributed by atoms with Crippen molar-refractivity contribution in [1.29, 1.82) is 0 Å². The molecule has 41 heavy (non-hydrogen) atoms. The van der Waals surface area contributed by atoms with Crippen LogP contribution < -0.4 is 11.1 Å². The SMILES string of the molecule is CCCCCCCC(O)CCCCCCC(C(=O)O)C(O)CCC1(O)CC(CC2=CCNC(N)=C2)C2(CCCC2)C1. The maximum absolute atomic E-state index is 12.0. The number of unbranched alkanes of at least 4 members (excludes halogenated alkanes) is 7. The van der Waals surface area contributed by atoms with E-state index in [1.807, 2.05) is 6.08 Å². The van der Waals surface area contributed by atoms with E-state index < -0.39 is 23.6 Å². The van der Waals surface area contributed by atoms with E-state index in [1.54, 1.807) is 0 Å². The maximum Gasteiger partial charge on any atom is 0.309 e. The molecule has 0 radical (unpaired) electrons. The standard InChI is InChI=1S/C34H60N2O5/c1-2-3-4-5-8-13-28(37)14-9-6-7-10-15-29(32(39)40)30(38)16-20-34(41)24-27(33(25-34)18-11-12-19-33)22-26-17-21-36-31(35)23-26/h17,23,27-30,36-38,41H,2-16,18-22,24-25,35H2,1H3,(H,39,40). The molecular weight excluding hydrogens is 516 g/mol. The summed E-state index contributed by atoms with van der Waals surface area (Å²) in [4.78, 5) is 12.0. The fraction of sp³-hybridized carbons (Fsp3) is 0.853. The van der Waals surface area contributed by atoms with Crippen molar-refractivity contribution in [1.82, 2.24) is 5.32 Å². The minimum atomic E-state index is -0.945. The highest BCUT2D eigenvalue weighted by Crippen LogP contribution is 2.60. The Kier molecular flexibility index (Phi) is 14.0. The van der Waals surface area contributed by atoms with Gasteiger partial charge in [-0.3, -0.25) is 4.79 Å². The van der Waals surface area contributed by atoms with Crippen LogP contribution in [0.2, 0.25) is 0 Å². The monoisotopic (exact) mass is 576 g/mol. The molecule has 5 atom stereocenters. The normalized spacial score (nSPS) is 25.9. The number of dihydropyridines is 1. The van der Waals surface area contributed by atoms with E-state index in [0.29, 0.717) is 37.4 Å². The van der Waals surface area contributed by atoms with Crippen molar-refractivity contribution in [3.8, 4) is 0 Å². The van der Waals surface area contributed by atoms with Gasteiger partial charge in [0, 0.05) is 6.54 Å². The molecule has 1 spiro atoms. The van der Waals surface area contributed by atoms with Gasteiger partial charge in [-0.1, -0.05) is 83.6 Å². The molecule has 2 aliphatic carbocycles. The van der Waals surface area contributed by atoms with E-state index >= 15 is 0 Å². The van der Waals surface area contributed by atoms with Crippen LogP contribution in [0.15, 0.2) is 23.5 Å². The number of carboxylic acid groups (broad SMARTS) is 1. The summed E-state index contributed by atoms with van der Waals surface area (Å²) in [6.45, 7) is 2.95. The zero-order chi connectivity index (χ0) is 29.7. The lowest BCUT2D eigenvalue weighted by Crippen LogP contribution is -2.33. The van der Waals surface area contributed by atoms with Gasteiger partial charge in [0.05, 0.1) is 29.5 Å². The predicted octanol–water partition coefficient (Wildman–Crippen LogP) is 6.31. The fourth-order valence-electron chi connectivity index (χ4n) is 8.05. The third-order valence-electron chi connectivity index (χ3n) is 10.4. The second-order valence-corrected chi connectivity index (χ2v) is 13.7. The van der Waals surface area contributed by atoms with Gasteiger partial charge in [-0.25, -0.2) is 0 Å². The molecule has 0 saturated heterocycles. The first kappa shape index (κ1) is 33.9. The first-order valence-electron chi connectivity index (χ1n) is 16.9. The zero-order valence-corrected chi connectivity index (χ0v) is 25.8. The Morgan fingerprint density at radius 2 is 1.63 bits per heavy atom. The molecule has 7 nitrogen and oxygen atoms in total. The molecule has 236 valence electrons. The summed E-state index contributed by atoms with van der Waals surface area (Å²) in [5.74, 6) is -0.653. The molecule has 3 aliphatic rings. The van der Waals surface area contributed by atoms with Crippen molar-refractivity contribution in [2.75, 3.05) is 6.54 Å². The number of aliphatic carboxylic acids is 1. The molecule has 1 aliphatic heterocycles. The number of allylic oxidation sites excluding steroid dienone is 2. The quantitative estimate of drug-likeness (QED) is 0.0935. The number of aliphatic hydroxyl groups is 3. The highest BCUT2D eigenvalue weighted by atomic mass is 16.4. The Hall–Kier alpha value is -1.57. The summed E-state index contributed by atoms with van der Waals surface area (Å²) in [5, 5.41) is 45.8. The van der Waals surface area contributed by atoms with Crippen LogP contribution in [0.4, 0.5) is 0 Å². The van der Waals surface area contributed by atoms with Gasteiger partial charge in [0.15, 0.2) is 0 Å². The molecule has 2 saturated carbocycles. The average molecular weight is 577 g/mol. The van der Waals surface area contributed by atoms with E-state index in [0.717, 1.165) is 77.2 Å². The van der Waals surface area contributed by atoms with Crippen molar-refractivity contribution in [2.24, 2.45) is 23.0 Å². The average Bonchev–Trinajstić information content (AvgIpc) is 3.50. The van der Waals surface area contributed by atoms with E-state index in [-0.39, 0.29) is 11.5 Å². The Labute approximate surface area is 249 Å². The highest BCUT2D eigenvalue weighted by molar-refractivity contribution is 5.70. The summed E-state index contributed by atoms with van der Waals surface area (Å²) in [6, 6.07) is 0. The molecule has 1 heterocycles. The minimum absolute atomic E-state index is 0.142. The van der Waals surface area contributed by atoms with Crippen LogP contribution in [-0.2, 0) is 4.79 Å². The minimum Gasteiger partial charge on any atom is -0.481 e. The number of carbonyl (C=O) groups is 1. The second-order valence-electron chi connectivity index (χ2n) is 13.7. The molecule has 0 aromatic rings. The zero-order valence-electron chi connectivity index (χ0n) is 25.8. The van der Waals surface area contributed by atoms with Crippen molar-refractivity contribution >= 4 is 5.97 Å². The summed E-state index contributed by atoms with van der Waals surface area (Å²) in [6.07, 6.45) is 22.7. The number of nitrogens with one attached hydrogen (secondary N) is 1. The summed E-state index contributed by atoms with van der Waals surface area (Å²) < 4.78 is 0. The Morgan fingerprint density at radius 3 is 2.24 bits per heavy atom. The number of carboxylic acids is 1. The van der Waals surface area contributed by atoms with Gasteiger partial charge in [-0.2, -0.15) is 0 Å². The number of hydrogen-bond donors (Lipinski definition) is 6. The van der Waals surface area contributed by atoms with Gasteiger partial charge >= 0.3 is 5.97 Å². The lowest BCUT2D eigenvalue weighted by Gasteiger charge is -2.32. The molecule has 7 heteroatoms. The van der Waals surface area contributed by atoms with Crippen molar-refractivity contribution in [3.05, 3.63) is 23.5 Å². The highest BCUT2D eigenvalue weighted by Gasteiger charge is 2.54. The lowest BCUT2D eigenvalue weighted by atomic mass is 9.73. The van der Waals surface area contributed by atoms with Gasteiger partial charge in [-0.05, 0) is 87.2 Å². The van der Waals surface area contributed by atoms with Gasteiger partial charge in [-0.15, -0.1) is 0 Å². The topological polar surface area (TPSA) is 136 Å². The molecular formula is C34H60N2O5. The van der Waals surface area contributed by atoms with Crippen LogP contribution in [0, 0.1) is 17.3 Å². The van der Waals surface area contributed by atoms with Gasteiger partial charge in [0.1, 0.15) is 0 Å². The fourth-order valence-corrected chi connectivity index (χ4v) is 8.05. The summed E-state index contributed by atoms with van der Waals surface area (Å²) >= 11 is 0. The molecule has 3 rings (SSSR count). The smallest absolute Gasteiger partial charge is 0.309 e. The van der Waals surface area contributed by atoms with Crippen LogP contribution in [-0.4, -0.2) is 50.7 Å². The molecule has 0 aromatic carbocycles. The summed E-state index contributed by atoms with van der Waals surface area (Å²) in [5.41, 5.74) is 6.54. The number of rotatable bonds is 20.